The molecule has 0 spiro atoms. The monoisotopic (exact) mass is 222 g/mol. The summed E-state index contributed by atoms with van der Waals surface area (Å²) < 4.78 is 0. The van der Waals surface area contributed by atoms with Crippen LogP contribution in [0.25, 0.3) is 0 Å². The van der Waals surface area contributed by atoms with E-state index in [4.69, 9.17) is 0 Å². The number of rotatable bonds is 5. The van der Waals surface area contributed by atoms with Gasteiger partial charge in [-0.25, -0.2) is 0 Å². The number of benzene rings is 1. The molecule has 1 amide bonds. The van der Waals surface area contributed by atoms with Gasteiger partial charge in [0, 0.05) is 13.0 Å². The molecule has 4 nitrogen and oxygen atoms in total. The van der Waals surface area contributed by atoms with E-state index >= 15 is 0 Å². The van der Waals surface area contributed by atoms with Crippen LogP contribution in [-0.2, 0) is 4.79 Å². The Morgan fingerprint density at radius 1 is 1.50 bits per heavy atom. The molecule has 0 radical (unpaired) electrons. The summed E-state index contributed by atoms with van der Waals surface area (Å²) in [6, 6.07) is 6.82. The highest BCUT2D eigenvalue weighted by atomic mass is 16.3. The Balaban J connectivity index is 2.52. The smallest absolute Gasteiger partial charge is 0.221 e. The molecule has 1 atom stereocenters. The van der Waals surface area contributed by atoms with Crippen LogP contribution in [0.15, 0.2) is 24.3 Å². The summed E-state index contributed by atoms with van der Waals surface area (Å²) >= 11 is 0. The minimum atomic E-state index is -0.0866. The van der Waals surface area contributed by atoms with Gasteiger partial charge in [0.2, 0.25) is 5.91 Å². The average molecular weight is 222 g/mol. The minimum Gasteiger partial charge on any atom is -0.508 e. The molecule has 0 fully saturated rings. The highest BCUT2D eigenvalue weighted by molar-refractivity contribution is 5.76. The first kappa shape index (κ1) is 12.5. The first-order chi connectivity index (χ1) is 7.63. The van der Waals surface area contributed by atoms with Gasteiger partial charge in [-0.2, -0.15) is 0 Å². The Morgan fingerprint density at radius 2 is 2.25 bits per heavy atom. The van der Waals surface area contributed by atoms with E-state index in [-0.39, 0.29) is 17.7 Å². The van der Waals surface area contributed by atoms with Gasteiger partial charge in [-0.05, 0) is 31.7 Å². The number of phenols is 1. The lowest BCUT2D eigenvalue weighted by molar-refractivity contribution is -0.121. The molecule has 0 heterocycles. The van der Waals surface area contributed by atoms with Crippen LogP contribution in [0.5, 0.6) is 5.75 Å². The maximum absolute atomic E-state index is 11.5. The fourth-order valence-corrected chi connectivity index (χ4v) is 1.43. The molecule has 1 unspecified atom stereocenters. The average Bonchev–Trinajstić information content (AvgIpc) is 2.26. The van der Waals surface area contributed by atoms with Gasteiger partial charge in [0.15, 0.2) is 0 Å². The normalized spacial score (nSPS) is 12.1. The highest BCUT2D eigenvalue weighted by Crippen LogP contribution is 2.17. The van der Waals surface area contributed by atoms with Crippen LogP contribution in [0.2, 0.25) is 0 Å². The zero-order valence-electron chi connectivity index (χ0n) is 9.66. The lowest BCUT2D eigenvalue weighted by Gasteiger charge is -2.14. The predicted molar refractivity (Wildman–Crippen MR) is 63.2 cm³/mol. The topological polar surface area (TPSA) is 61.4 Å². The molecule has 0 aliphatic heterocycles. The molecule has 1 aromatic rings. The van der Waals surface area contributed by atoms with Gasteiger partial charge in [0.1, 0.15) is 5.75 Å². The summed E-state index contributed by atoms with van der Waals surface area (Å²) in [7, 11) is 1.81. The molecule has 0 saturated heterocycles. The molecule has 88 valence electrons. The highest BCUT2D eigenvalue weighted by Gasteiger charge is 2.09. The number of nitrogens with one attached hydrogen (secondary N) is 2. The van der Waals surface area contributed by atoms with Crippen molar-refractivity contribution in [2.75, 3.05) is 13.6 Å². The lowest BCUT2D eigenvalue weighted by atomic mass is 10.1. The molecular formula is C12H18N2O2. The standard InChI is InChI=1S/C12H18N2O2/c1-9(14-12(16)6-7-13-2)10-4-3-5-11(15)8-10/h3-5,8-9,13,15H,6-7H2,1-2H3,(H,14,16). The predicted octanol–water partition coefficient (Wildman–Crippen LogP) is 1.18. The first-order valence-corrected chi connectivity index (χ1v) is 5.36. The third-order valence-corrected chi connectivity index (χ3v) is 2.35. The fraction of sp³-hybridized carbons (Fsp3) is 0.417. The van der Waals surface area contributed by atoms with Gasteiger partial charge in [-0.3, -0.25) is 4.79 Å². The Hall–Kier alpha value is -1.55. The van der Waals surface area contributed by atoms with E-state index in [9.17, 15) is 9.90 Å². The second-order valence-electron chi connectivity index (χ2n) is 3.74. The molecule has 16 heavy (non-hydrogen) atoms. The summed E-state index contributed by atoms with van der Waals surface area (Å²) in [5.74, 6) is 0.221. The Kier molecular flexibility index (Phi) is 4.79. The van der Waals surface area contributed by atoms with E-state index in [1.165, 1.54) is 0 Å². The van der Waals surface area contributed by atoms with Crippen LogP contribution in [0, 0.1) is 0 Å². The molecule has 4 heteroatoms. The minimum absolute atomic E-state index is 0.00481. The molecular weight excluding hydrogens is 204 g/mol. The van der Waals surface area contributed by atoms with Crippen LogP contribution in [0.4, 0.5) is 0 Å². The number of phenolic OH excluding ortho intramolecular Hbond substituents is 1. The molecule has 0 bridgehead atoms. The van der Waals surface area contributed by atoms with E-state index in [1.807, 2.05) is 20.0 Å². The van der Waals surface area contributed by atoms with Crippen molar-refractivity contribution in [2.24, 2.45) is 0 Å². The van der Waals surface area contributed by atoms with Crippen molar-refractivity contribution in [1.29, 1.82) is 0 Å². The van der Waals surface area contributed by atoms with E-state index in [1.54, 1.807) is 18.2 Å². The van der Waals surface area contributed by atoms with Gasteiger partial charge in [-0.15, -0.1) is 0 Å². The Morgan fingerprint density at radius 3 is 2.88 bits per heavy atom. The number of carbonyl (C=O) groups is 1. The largest absolute Gasteiger partial charge is 0.508 e. The number of carbonyl (C=O) groups excluding carboxylic acids is 1. The molecule has 0 aromatic heterocycles. The molecule has 3 N–H and O–H groups in total. The maximum Gasteiger partial charge on any atom is 0.221 e. The number of aromatic hydroxyl groups is 1. The van der Waals surface area contributed by atoms with Crippen LogP contribution < -0.4 is 10.6 Å². The fourth-order valence-electron chi connectivity index (χ4n) is 1.43. The van der Waals surface area contributed by atoms with Crippen molar-refractivity contribution < 1.29 is 9.90 Å². The van der Waals surface area contributed by atoms with Crippen molar-refractivity contribution in [3.8, 4) is 5.75 Å². The molecule has 0 aliphatic rings. The van der Waals surface area contributed by atoms with E-state index in [2.05, 4.69) is 10.6 Å². The van der Waals surface area contributed by atoms with Gasteiger partial charge >= 0.3 is 0 Å². The molecule has 0 saturated carbocycles. The summed E-state index contributed by atoms with van der Waals surface area (Å²) in [6.45, 7) is 2.56. The van der Waals surface area contributed by atoms with Crippen molar-refractivity contribution in [2.45, 2.75) is 19.4 Å². The van der Waals surface area contributed by atoms with E-state index < -0.39 is 0 Å². The SMILES string of the molecule is CNCCC(=O)NC(C)c1cccc(O)c1. The number of hydrogen-bond donors (Lipinski definition) is 3. The molecule has 1 rings (SSSR count). The summed E-state index contributed by atoms with van der Waals surface area (Å²) in [4.78, 5) is 11.5. The third kappa shape index (κ3) is 3.90. The lowest BCUT2D eigenvalue weighted by Crippen LogP contribution is -2.28. The van der Waals surface area contributed by atoms with Crippen molar-refractivity contribution in [1.82, 2.24) is 10.6 Å². The third-order valence-electron chi connectivity index (χ3n) is 2.35. The van der Waals surface area contributed by atoms with Crippen LogP contribution in [0.1, 0.15) is 24.9 Å². The zero-order valence-corrected chi connectivity index (χ0v) is 9.66. The summed E-state index contributed by atoms with van der Waals surface area (Å²) in [5.41, 5.74) is 0.901. The van der Waals surface area contributed by atoms with E-state index in [0.717, 1.165) is 5.56 Å². The summed E-state index contributed by atoms with van der Waals surface area (Å²) in [5, 5.41) is 15.1. The van der Waals surface area contributed by atoms with Crippen molar-refractivity contribution >= 4 is 5.91 Å². The molecule has 1 aromatic carbocycles. The van der Waals surface area contributed by atoms with Gasteiger partial charge < -0.3 is 15.7 Å². The zero-order chi connectivity index (χ0) is 12.0. The van der Waals surface area contributed by atoms with Crippen molar-refractivity contribution in [3.05, 3.63) is 29.8 Å². The second kappa shape index (κ2) is 6.12. The van der Waals surface area contributed by atoms with Crippen LogP contribution in [0.3, 0.4) is 0 Å². The number of amides is 1. The molecule has 0 aliphatic carbocycles. The second-order valence-corrected chi connectivity index (χ2v) is 3.74. The maximum atomic E-state index is 11.5. The van der Waals surface area contributed by atoms with Crippen molar-refractivity contribution in [3.63, 3.8) is 0 Å². The quantitative estimate of drug-likeness (QED) is 0.701. The van der Waals surface area contributed by atoms with E-state index in [0.29, 0.717) is 13.0 Å². The van der Waals surface area contributed by atoms with Gasteiger partial charge in [0.05, 0.1) is 6.04 Å². The Bertz CT molecular complexity index is 353. The first-order valence-electron chi connectivity index (χ1n) is 5.36. The van der Waals surface area contributed by atoms with Crippen LogP contribution >= 0.6 is 0 Å². The Labute approximate surface area is 95.7 Å². The van der Waals surface area contributed by atoms with Gasteiger partial charge in [-0.1, -0.05) is 12.1 Å². The summed E-state index contributed by atoms with van der Waals surface area (Å²) in [6.07, 6.45) is 0.458. The van der Waals surface area contributed by atoms with Gasteiger partial charge in [0.25, 0.3) is 0 Å². The van der Waals surface area contributed by atoms with Crippen LogP contribution in [-0.4, -0.2) is 24.6 Å². The number of hydrogen-bond acceptors (Lipinski definition) is 3.